The number of carbonyl (C=O) groups is 2. The van der Waals surface area contributed by atoms with E-state index >= 15 is 0 Å². The molecule has 6 heteroatoms. The minimum absolute atomic E-state index is 0. The van der Waals surface area contributed by atoms with Crippen LogP contribution in [0.3, 0.4) is 0 Å². The number of carboxylic acid groups (broad SMARTS) is 2. The molecule has 0 spiro atoms. The Morgan fingerprint density at radius 1 is 0.724 bits per heavy atom. The summed E-state index contributed by atoms with van der Waals surface area (Å²) in [6, 6.07) is -0.743. The molecule has 0 aliphatic rings. The summed E-state index contributed by atoms with van der Waals surface area (Å²) in [5.74, 6) is -1.91. The van der Waals surface area contributed by atoms with Crippen molar-refractivity contribution in [3.8, 4) is 0 Å². The van der Waals surface area contributed by atoms with Crippen LogP contribution in [0.1, 0.15) is 124 Å². The summed E-state index contributed by atoms with van der Waals surface area (Å²) in [4.78, 5) is 21.6. The zero-order chi connectivity index (χ0) is 20.9. The van der Waals surface area contributed by atoms with E-state index in [4.69, 9.17) is 10.2 Å². The number of nitrogens with one attached hydrogen (secondary N) is 1. The Morgan fingerprint density at radius 2 is 1.10 bits per heavy atom. The fraction of sp³-hybridized carbons (Fsp3) is 0.913. The molecule has 0 aromatic carbocycles. The Kier molecular flexibility index (Phi) is 27.1. The first kappa shape index (κ1) is 31.7. The number of rotatable bonds is 22. The second-order valence-electron chi connectivity index (χ2n) is 8.08. The molecule has 0 amide bonds. The van der Waals surface area contributed by atoms with Crippen molar-refractivity contribution >= 4 is 11.9 Å². The standard InChI is InChI=1S/C23H45NO4.K.H/c1-2-3-4-5-6-7-8-9-10-11-12-13-14-15-16-17-20-24-21(23(27)28)18-19-22(25)26;;/h21,24H,2-20H2,1H3,(H,25,26)(H,27,28);;/q;+1;-1/t21-;;/m1../s1. The van der Waals surface area contributed by atoms with E-state index < -0.39 is 18.0 Å². The van der Waals surface area contributed by atoms with Crippen molar-refractivity contribution in [1.82, 2.24) is 5.32 Å². The van der Waals surface area contributed by atoms with Crippen LogP contribution in [0.15, 0.2) is 0 Å². The molecule has 0 heterocycles. The Labute approximate surface area is 223 Å². The van der Waals surface area contributed by atoms with Crippen molar-refractivity contribution in [3.05, 3.63) is 0 Å². The van der Waals surface area contributed by atoms with Gasteiger partial charge in [-0.05, 0) is 19.4 Å². The van der Waals surface area contributed by atoms with Gasteiger partial charge in [-0.3, -0.25) is 9.59 Å². The first-order valence-electron chi connectivity index (χ1n) is 11.8. The number of unbranched alkanes of at least 4 members (excludes halogenated alkanes) is 15. The summed E-state index contributed by atoms with van der Waals surface area (Å²) in [5, 5.41) is 20.7. The fourth-order valence-electron chi connectivity index (χ4n) is 3.53. The van der Waals surface area contributed by atoms with E-state index in [9.17, 15) is 9.59 Å². The van der Waals surface area contributed by atoms with Crippen LogP contribution >= 0.6 is 0 Å². The zero-order valence-electron chi connectivity index (χ0n) is 20.2. The van der Waals surface area contributed by atoms with E-state index in [1.54, 1.807) is 0 Å². The second-order valence-corrected chi connectivity index (χ2v) is 8.08. The van der Waals surface area contributed by atoms with Gasteiger partial charge in [0.05, 0.1) is 0 Å². The van der Waals surface area contributed by atoms with Gasteiger partial charge in [0, 0.05) is 6.42 Å². The molecule has 0 saturated heterocycles. The van der Waals surface area contributed by atoms with Gasteiger partial charge in [0.1, 0.15) is 6.04 Å². The largest absolute Gasteiger partial charge is 1.00 e. The molecule has 0 fully saturated rings. The van der Waals surface area contributed by atoms with Gasteiger partial charge in [0.2, 0.25) is 0 Å². The molecule has 5 nitrogen and oxygen atoms in total. The van der Waals surface area contributed by atoms with Crippen molar-refractivity contribution in [3.63, 3.8) is 0 Å². The molecule has 29 heavy (non-hydrogen) atoms. The third kappa shape index (κ3) is 24.7. The maximum atomic E-state index is 11.1. The molecular weight excluding hydrogens is 393 g/mol. The Bertz CT molecular complexity index is 386. The molecule has 0 aliphatic heterocycles. The van der Waals surface area contributed by atoms with Crippen molar-refractivity contribution in [2.45, 2.75) is 129 Å². The van der Waals surface area contributed by atoms with Crippen LogP contribution in [0.5, 0.6) is 0 Å². The van der Waals surface area contributed by atoms with Crippen LogP contribution in [0.4, 0.5) is 0 Å². The van der Waals surface area contributed by atoms with Crippen LogP contribution in [-0.4, -0.2) is 34.7 Å². The van der Waals surface area contributed by atoms with Crippen LogP contribution in [0, 0.1) is 0 Å². The minimum atomic E-state index is -0.960. The topological polar surface area (TPSA) is 86.6 Å². The van der Waals surface area contributed by atoms with Gasteiger partial charge in [0.25, 0.3) is 0 Å². The summed E-state index contributed by atoms with van der Waals surface area (Å²) in [6.07, 6.45) is 21.1. The molecule has 0 saturated carbocycles. The fourth-order valence-corrected chi connectivity index (χ4v) is 3.53. The van der Waals surface area contributed by atoms with E-state index in [0.29, 0.717) is 6.54 Å². The van der Waals surface area contributed by atoms with E-state index in [1.165, 1.54) is 89.9 Å². The van der Waals surface area contributed by atoms with Gasteiger partial charge < -0.3 is 17.0 Å². The third-order valence-electron chi connectivity index (χ3n) is 5.37. The average molecular weight is 440 g/mol. The van der Waals surface area contributed by atoms with E-state index in [0.717, 1.165) is 12.8 Å². The van der Waals surface area contributed by atoms with Crippen molar-refractivity contribution in [2.24, 2.45) is 0 Å². The summed E-state index contributed by atoms with van der Waals surface area (Å²) in [6.45, 7) is 2.91. The third-order valence-corrected chi connectivity index (χ3v) is 5.37. The molecule has 0 rings (SSSR count). The van der Waals surface area contributed by atoms with E-state index in [2.05, 4.69) is 12.2 Å². The second kappa shape index (κ2) is 24.8. The Morgan fingerprint density at radius 3 is 1.45 bits per heavy atom. The quantitative estimate of drug-likeness (QED) is 0.178. The predicted octanol–water partition coefficient (Wildman–Crippen LogP) is 3.27. The van der Waals surface area contributed by atoms with Gasteiger partial charge in [-0.25, -0.2) is 0 Å². The first-order chi connectivity index (χ1) is 13.6. The van der Waals surface area contributed by atoms with Crippen LogP contribution in [-0.2, 0) is 9.59 Å². The maximum absolute atomic E-state index is 11.1. The van der Waals surface area contributed by atoms with Crippen LogP contribution in [0.2, 0.25) is 0 Å². The average Bonchev–Trinajstić information content (AvgIpc) is 2.66. The van der Waals surface area contributed by atoms with Gasteiger partial charge in [0.15, 0.2) is 0 Å². The number of aliphatic carboxylic acids is 2. The first-order valence-corrected chi connectivity index (χ1v) is 11.8. The summed E-state index contributed by atoms with van der Waals surface area (Å²) in [7, 11) is 0. The Hall–Kier alpha value is 0.536. The number of hydrogen-bond acceptors (Lipinski definition) is 3. The SMILES string of the molecule is CCCCCCCCCCCCCCCCCCN[C@H](CCC(=O)O)C(=O)O.[H-].[K+]. The summed E-state index contributed by atoms with van der Waals surface area (Å²) >= 11 is 0. The van der Waals surface area contributed by atoms with E-state index in [1.807, 2.05) is 0 Å². The number of carboxylic acids is 2. The zero-order valence-corrected chi connectivity index (χ0v) is 22.3. The predicted molar refractivity (Wildman–Crippen MR) is 117 cm³/mol. The number of hydrogen-bond donors (Lipinski definition) is 3. The monoisotopic (exact) mass is 439 g/mol. The normalized spacial score (nSPS) is 11.8. The molecule has 1 atom stereocenters. The van der Waals surface area contributed by atoms with Gasteiger partial charge in [-0.2, -0.15) is 0 Å². The van der Waals surface area contributed by atoms with E-state index in [-0.39, 0.29) is 65.7 Å². The van der Waals surface area contributed by atoms with Gasteiger partial charge in [-0.1, -0.05) is 103 Å². The molecule has 0 bridgehead atoms. The molecule has 0 radical (unpaired) electrons. The smallest absolute Gasteiger partial charge is 1.00 e. The molecule has 168 valence electrons. The molecule has 0 aliphatic carbocycles. The van der Waals surface area contributed by atoms with Gasteiger partial charge in [-0.15, -0.1) is 0 Å². The molecule has 0 aromatic rings. The summed E-state index contributed by atoms with van der Waals surface area (Å²) in [5.41, 5.74) is 0. The van der Waals surface area contributed by atoms with Crippen LogP contribution < -0.4 is 56.7 Å². The minimum Gasteiger partial charge on any atom is -1.00 e. The Balaban J connectivity index is -0.00000364. The molecule has 0 aromatic heterocycles. The van der Waals surface area contributed by atoms with Crippen molar-refractivity contribution in [2.75, 3.05) is 6.54 Å². The molecule has 3 N–H and O–H groups in total. The molecular formula is C23H46KNO4. The van der Waals surface area contributed by atoms with Crippen LogP contribution in [0.25, 0.3) is 0 Å². The summed E-state index contributed by atoms with van der Waals surface area (Å²) < 4.78 is 0. The van der Waals surface area contributed by atoms with Crippen molar-refractivity contribution < 1.29 is 72.6 Å². The van der Waals surface area contributed by atoms with Crippen molar-refractivity contribution in [1.29, 1.82) is 0 Å². The van der Waals surface area contributed by atoms with Gasteiger partial charge >= 0.3 is 63.3 Å². The maximum Gasteiger partial charge on any atom is 1.00 e. The molecule has 0 unspecified atom stereocenters.